The van der Waals surface area contributed by atoms with Crippen LogP contribution in [0.3, 0.4) is 0 Å². The molecule has 1 heterocycles. The molecule has 0 fully saturated rings. The van der Waals surface area contributed by atoms with Gasteiger partial charge in [0.05, 0.1) is 0 Å². The molecule has 0 bridgehead atoms. The molecule has 7 nitrogen and oxygen atoms in total. The first-order valence-corrected chi connectivity index (χ1v) is 4.84. The number of carbonyl (C=O) groups is 1. The summed E-state index contributed by atoms with van der Waals surface area (Å²) in [5, 5.41) is 12.5. The van der Waals surface area contributed by atoms with Crippen molar-refractivity contribution >= 4 is 28.3 Å². The van der Waals surface area contributed by atoms with E-state index in [2.05, 4.69) is 14.5 Å². The number of hydrogen-bond donors (Lipinski definition) is 2. The maximum Gasteiger partial charge on any atom is 0.362 e. The Morgan fingerprint density at radius 1 is 1.67 bits per heavy atom. The molecule has 1 aromatic heterocycles. The normalized spacial score (nSPS) is 11.8. The van der Waals surface area contributed by atoms with Crippen molar-refractivity contribution < 1.29 is 14.7 Å². The zero-order valence-corrected chi connectivity index (χ0v) is 8.98. The van der Waals surface area contributed by atoms with E-state index in [9.17, 15) is 4.79 Å². The van der Waals surface area contributed by atoms with Crippen LogP contribution in [0.4, 0.5) is 5.13 Å². The Morgan fingerprint density at radius 3 is 2.73 bits per heavy atom. The lowest BCUT2D eigenvalue weighted by Crippen LogP contribution is -2.17. The van der Waals surface area contributed by atoms with Crippen LogP contribution in [0.25, 0.3) is 0 Å². The second-order valence-electron chi connectivity index (χ2n) is 2.86. The highest BCUT2D eigenvalue weighted by Gasteiger charge is 2.19. The zero-order chi connectivity index (χ0) is 11.4. The molecule has 1 aromatic rings. The Hall–Kier alpha value is -1.70. The summed E-state index contributed by atoms with van der Waals surface area (Å²) in [6.07, 6.45) is -0.213. The Kier molecular flexibility index (Phi) is 3.56. The number of oxime groups is 1. The molecule has 0 saturated carbocycles. The largest absolute Gasteiger partial charge is 0.476 e. The summed E-state index contributed by atoms with van der Waals surface area (Å²) < 4.78 is 3.73. The summed E-state index contributed by atoms with van der Waals surface area (Å²) in [6, 6.07) is 0. The molecule has 0 aromatic carbocycles. The van der Waals surface area contributed by atoms with Crippen molar-refractivity contribution in [1.29, 1.82) is 0 Å². The number of hydrogen-bond acceptors (Lipinski definition) is 7. The van der Waals surface area contributed by atoms with Crippen LogP contribution in [0.15, 0.2) is 5.16 Å². The van der Waals surface area contributed by atoms with E-state index in [1.807, 2.05) is 0 Å². The topological polar surface area (TPSA) is 111 Å². The van der Waals surface area contributed by atoms with E-state index in [4.69, 9.17) is 15.7 Å². The molecule has 0 unspecified atom stereocenters. The maximum atomic E-state index is 10.8. The van der Waals surface area contributed by atoms with Crippen LogP contribution in [-0.4, -0.2) is 32.2 Å². The second-order valence-corrected chi connectivity index (χ2v) is 3.64. The first-order valence-electron chi connectivity index (χ1n) is 4.07. The van der Waals surface area contributed by atoms with E-state index in [0.717, 1.165) is 11.5 Å². The summed E-state index contributed by atoms with van der Waals surface area (Å²) in [4.78, 5) is 19.3. The summed E-state index contributed by atoms with van der Waals surface area (Å²) >= 11 is 0.901. The third-order valence-corrected chi connectivity index (χ3v) is 1.75. The van der Waals surface area contributed by atoms with Gasteiger partial charge in [0.1, 0.15) is 6.10 Å². The molecular formula is C7H10N4O3S. The lowest BCUT2D eigenvalue weighted by molar-refractivity contribution is -0.129. The summed E-state index contributed by atoms with van der Waals surface area (Å²) in [6.45, 7) is 3.46. The van der Waals surface area contributed by atoms with Crippen LogP contribution in [0.2, 0.25) is 0 Å². The molecular weight excluding hydrogens is 220 g/mol. The fourth-order valence-corrected chi connectivity index (χ4v) is 1.10. The van der Waals surface area contributed by atoms with Gasteiger partial charge in [-0.05, 0) is 13.8 Å². The van der Waals surface area contributed by atoms with Crippen LogP contribution in [0.1, 0.15) is 19.7 Å². The van der Waals surface area contributed by atoms with Crippen molar-refractivity contribution in [1.82, 2.24) is 9.36 Å². The number of carboxylic acids is 1. The summed E-state index contributed by atoms with van der Waals surface area (Å²) in [5.74, 6) is -1.29. The lowest BCUT2D eigenvalue weighted by atomic mass is 10.4. The lowest BCUT2D eigenvalue weighted by Gasteiger charge is -2.02. The Labute approximate surface area is 89.7 Å². The number of nitrogens with two attached hydrogens (primary N) is 1. The molecule has 0 radical (unpaired) electrons. The SMILES string of the molecule is CC(C)O/N=C(\C(=O)O)c1nsc(N)n1. The summed E-state index contributed by atoms with van der Waals surface area (Å²) in [5.41, 5.74) is 4.98. The smallest absolute Gasteiger partial charge is 0.362 e. The molecule has 0 amide bonds. The van der Waals surface area contributed by atoms with Gasteiger partial charge in [-0.3, -0.25) is 0 Å². The highest BCUT2D eigenvalue weighted by Crippen LogP contribution is 2.07. The van der Waals surface area contributed by atoms with Gasteiger partial charge in [0.15, 0.2) is 5.13 Å². The molecule has 0 spiro atoms. The average Bonchev–Trinajstić information content (AvgIpc) is 2.51. The molecule has 8 heteroatoms. The van der Waals surface area contributed by atoms with Gasteiger partial charge in [-0.15, -0.1) is 0 Å². The molecule has 0 atom stereocenters. The van der Waals surface area contributed by atoms with E-state index in [-0.39, 0.29) is 22.8 Å². The third kappa shape index (κ3) is 3.17. The fourth-order valence-electron chi connectivity index (χ4n) is 0.665. The number of aromatic nitrogens is 2. The molecule has 1 rings (SSSR count). The number of rotatable bonds is 4. The minimum Gasteiger partial charge on any atom is -0.476 e. The van der Waals surface area contributed by atoms with Crippen LogP contribution in [-0.2, 0) is 9.63 Å². The average molecular weight is 230 g/mol. The van der Waals surface area contributed by atoms with Crippen LogP contribution < -0.4 is 5.73 Å². The summed E-state index contributed by atoms with van der Waals surface area (Å²) in [7, 11) is 0. The van der Waals surface area contributed by atoms with Gasteiger partial charge >= 0.3 is 5.97 Å². The van der Waals surface area contributed by atoms with Crippen molar-refractivity contribution in [2.45, 2.75) is 20.0 Å². The van der Waals surface area contributed by atoms with E-state index in [0.29, 0.717) is 0 Å². The quantitative estimate of drug-likeness (QED) is 0.569. The number of nitrogens with zero attached hydrogens (tertiary/aromatic N) is 3. The van der Waals surface area contributed by atoms with Gasteiger partial charge < -0.3 is 15.7 Å². The first kappa shape index (κ1) is 11.4. The molecule has 0 aliphatic carbocycles. The van der Waals surface area contributed by atoms with Gasteiger partial charge in [0, 0.05) is 11.5 Å². The van der Waals surface area contributed by atoms with Gasteiger partial charge in [0.25, 0.3) is 0 Å². The van der Waals surface area contributed by atoms with E-state index >= 15 is 0 Å². The van der Waals surface area contributed by atoms with Gasteiger partial charge in [0.2, 0.25) is 11.5 Å². The molecule has 3 N–H and O–H groups in total. The molecule has 15 heavy (non-hydrogen) atoms. The molecule has 0 aliphatic rings. The predicted octanol–water partition coefficient (Wildman–Crippen LogP) is 0.334. The van der Waals surface area contributed by atoms with Crippen molar-refractivity contribution in [3.05, 3.63) is 5.82 Å². The second kappa shape index (κ2) is 4.69. The minimum atomic E-state index is -1.26. The highest BCUT2D eigenvalue weighted by molar-refractivity contribution is 7.09. The monoisotopic (exact) mass is 230 g/mol. The third-order valence-electron chi connectivity index (χ3n) is 1.21. The van der Waals surface area contributed by atoms with E-state index in [1.165, 1.54) is 0 Å². The van der Waals surface area contributed by atoms with Crippen LogP contribution in [0, 0.1) is 0 Å². The standard InChI is InChI=1S/C7H10N4O3S/c1-3(2)14-10-4(6(12)13)5-9-7(8)15-11-5/h3H,1-2H3,(H,12,13)(H2,8,9,11)/b10-4-. The van der Waals surface area contributed by atoms with Gasteiger partial charge in [-0.25, -0.2) is 4.79 Å². The molecule has 0 aliphatic heterocycles. The Bertz CT molecular complexity index is 387. The van der Waals surface area contributed by atoms with Crippen molar-refractivity contribution in [2.24, 2.45) is 5.16 Å². The van der Waals surface area contributed by atoms with Gasteiger partial charge in [-0.2, -0.15) is 9.36 Å². The van der Waals surface area contributed by atoms with E-state index in [1.54, 1.807) is 13.8 Å². The Balaban J connectivity index is 2.93. The highest BCUT2D eigenvalue weighted by atomic mass is 32.1. The minimum absolute atomic E-state index is 0.0364. The maximum absolute atomic E-state index is 10.8. The first-order chi connectivity index (χ1) is 7.00. The van der Waals surface area contributed by atoms with Crippen molar-refractivity contribution in [2.75, 3.05) is 5.73 Å². The van der Waals surface area contributed by atoms with Crippen LogP contribution in [0.5, 0.6) is 0 Å². The van der Waals surface area contributed by atoms with Gasteiger partial charge in [-0.1, -0.05) is 5.16 Å². The number of anilines is 1. The Morgan fingerprint density at radius 2 is 2.33 bits per heavy atom. The van der Waals surface area contributed by atoms with E-state index < -0.39 is 5.97 Å². The molecule has 82 valence electrons. The number of carboxylic acid groups (broad SMARTS) is 1. The van der Waals surface area contributed by atoms with Crippen molar-refractivity contribution in [3.63, 3.8) is 0 Å². The van der Waals surface area contributed by atoms with Crippen molar-refractivity contribution in [3.8, 4) is 0 Å². The molecule has 0 saturated heterocycles. The number of aliphatic carboxylic acids is 1. The number of nitrogen functional groups attached to an aromatic ring is 1. The van der Waals surface area contributed by atoms with Crippen LogP contribution >= 0.6 is 11.5 Å². The predicted molar refractivity (Wildman–Crippen MR) is 54.7 cm³/mol. The fraction of sp³-hybridized carbons (Fsp3) is 0.429. The zero-order valence-electron chi connectivity index (χ0n) is 8.17.